The van der Waals surface area contributed by atoms with Gasteiger partial charge >= 0.3 is 0 Å². The topological polar surface area (TPSA) is 71.5 Å². The van der Waals surface area contributed by atoms with Gasteiger partial charge in [-0.15, -0.1) is 0 Å². The predicted octanol–water partition coefficient (Wildman–Crippen LogP) is 2.04. The van der Waals surface area contributed by atoms with Gasteiger partial charge in [0.1, 0.15) is 9.84 Å². The van der Waals surface area contributed by atoms with Crippen LogP contribution in [-0.2, 0) is 19.9 Å². The maximum atomic E-state index is 13.0. The normalized spacial score (nSPS) is 41.8. The Morgan fingerprint density at radius 1 is 0.958 bits per heavy atom. The summed E-state index contributed by atoms with van der Waals surface area (Å²) >= 11 is 0. The number of hydrogen-bond acceptors (Lipinski definition) is 4. The molecule has 0 atom stereocenters. The van der Waals surface area contributed by atoms with Gasteiger partial charge in [-0.25, -0.2) is 21.1 Å². The van der Waals surface area contributed by atoms with Crippen molar-refractivity contribution in [2.75, 3.05) is 25.1 Å². The maximum Gasteiger partial charge on any atom is 0.216 e. The van der Waals surface area contributed by atoms with Gasteiger partial charge in [-0.1, -0.05) is 0 Å². The fraction of sp³-hybridized carbons (Fsp3) is 1.00. The minimum Gasteiger partial charge on any atom is -0.229 e. The summed E-state index contributed by atoms with van der Waals surface area (Å²) in [4.78, 5) is 0. The average molecular weight is 376 g/mol. The summed E-state index contributed by atoms with van der Waals surface area (Å²) in [5.74, 6) is 2.47. The molecule has 5 aliphatic rings. The third kappa shape index (κ3) is 3.05. The lowest BCUT2D eigenvalue weighted by Gasteiger charge is -2.57. The van der Waals surface area contributed by atoms with E-state index in [0.29, 0.717) is 6.54 Å². The summed E-state index contributed by atoms with van der Waals surface area (Å²) in [5, 5.41) is -0.514. The summed E-state index contributed by atoms with van der Waals surface area (Å²) < 4.78 is 50.7. The maximum absolute atomic E-state index is 13.0. The third-order valence-corrected chi connectivity index (χ3v) is 11.1. The van der Waals surface area contributed by atoms with Gasteiger partial charge in [0, 0.05) is 13.6 Å². The molecule has 1 aliphatic heterocycles. The van der Waals surface area contributed by atoms with Crippen LogP contribution in [0, 0.1) is 23.2 Å². The first kappa shape index (κ1) is 17.3. The minimum absolute atomic E-state index is 0.0160. The monoisotopic (exact) mass is 375 g/mol. The SMILES string of the molecule is CN(CC12CC3CC(CC(C3)C1)C2)S(=O)(=O)C1CCS(=O)(=O)CC1. The summed E-state index contributed by atoms with van der Waals surface area (Å²) in [7, 11) is -4.70. The number of sulfonamides is 1. The highest BCUT2D eigenvalue weighted by Gasteiger charge is 2.52. The van der Waals surface area contributed by atoms with Gasteiger partial charge < -0.3 is 0 Å². The zero-order valence-corrected chi connectivity index (χ0v) is 16.1. The van der Waals surface area contributed by atoms with E-state index in [9.17, 15) is 16.8 Å². The minimum atomic E-state index is -3.39. The van der Waals surface area contributed by atoms with E-state index in [-0.39, 0.29) is 29.8 Å². The zero-order valence-electron chi connectivity index (χ0n) is 14.5. The molecule has 138 valence electrons. The molecule has 1 heterocycles. The van der Waals surface area contributed by atoms with Crippen LogP contribution in [0.15, 0.2) is 0 Å². The van der Waals surface area contributed by atoms with Gasteiger partial charge in [0.25, 0.3) is 0 Å². The smallest absolute Gasteiger partial charge is 0.216 e. The van der Waals surface area contributed by atoms with Crippen molar-refractivity contribution in [3.05, 3.63) is 0 Å². The molecule has 4 bridgehead atoms. The molecular formula is C17H29NO4S2. The van der Waals surface area contributed by atoms with E-state index in [0.717, 1.165) is 17.8 Å². The van der Waals surface area contributed by atoms with Gasteiger partial charge in [-0.2, -0.15) is 0 Å². The number of hydrogen-bond donors (Lipinski definition) is 0. The number of rotatable bonds is 4. The molecule has 7 heteroatoms. The van der Waals surface area contributed by atoms with E-state index in [2.05, 4.69) is 0 Å². The Balaban J connectivity index is 1.47. The molecule has 0 spiro atoms. The zero-order chi connectivity index (χ0) is 17.2. The highest BCUT2D eigenvalue weighted by Crippen LogP contribution is 2.60. The van der Waals surface area contributed by atoms with Crippen molar-refractivity contribution in [1.29, 1.82) is 0 Å². The molecule has 24 heavy (non-hydrogen) atoms. The first-order chi connectivity index (χ1) is 11.2. The molecule has 5 rings (SSSR count). The fourth-order valence-electron chi connectivity index (χ4n) is 6.47. The number of sulfone groups is 1. The average Bonchev–Trinajstić information content (AvgIpc) is 2.44. The van der Waals surface area contributed by atoms with Crippen LogP contribution in [0.2, 0.25) is 0 Å². The Hall–Kier alpha value is -0.140. The Kier molecular flexibility index (Phi) is 4.09. The molecule has 0 aromatic rings. The molecule has 0 aromatic heterocycles. The third-order valence-electron chi connectivity index (χ3n) is 7.08. The van der Waals surface area contributed by atoms with Crippen molar-refractivity contribution in [2.45, 2.75) is 56.6 Å². The predicted molar refractivity (Wildman–Crippen MR) is 93.8 cm³/mol. The first-order valence-electron chi connectivity index (χ1n) is 9.33. The largest absolute Gasteiger partial charge is 0.229 e. The van der Waals surface area contributed by atoms with Crippen LogP contribution >= 0.6 is 0 Å². The van der Waals surface area contributed by atoms with Crippen molar-refractivity contribution >= 4 is 19.9 Å². The number of nitrogens with zero attached hydrogens (tertiary/aromatic N) is 1. The van der Waals surface area contributed by atoms with Crippen LogP contribution < -0.4 is 0 Å². The second kappa shape index (κ2) is 5.68. The van der Waals surface area contributed by atoms with Crippen LogP contribution in [0.25, 0.3) is 0 Å². The second-order valence-electron chi connectivity index (χ2n) is 9.07. The van der Waals surface area contributed by atoms with Crippen molar-refractivity contribution < 1.29 is 16.8 Å². The van der Waals surface area contributed by atoms with Gasteiger partial charge in [0.2, 0.25) is 10.0 Å². The molecule has 1 saturated heterocycles. The van der Waals surface area contributed by atoms with E-state index in [1.165, 1.54) is 38.5 Å². The van der Waals surface area contributed by atoms with Crippen LogP contribution in [-0.4, -0.2) is 51.5 Å². The van der Waals surface area contributed by atoms with Crippen molar-refractivity contribution in [3.8, 4) is 0 Å². The van der Waals surface area contributed by atoms with Gasteiger partial charge in [-0.3, -0.25) is 0 Å². The lowest BCUT2D eigenvalue weighted by atomic mass is 9.49. The van der Waals surface area contributed by atoms with Gasteiger partial charge in [0.15, 0.2) is 0 Å². The molecular weight excluding hydrogens is 346 g/mol. The lowest BCUT2D eigenvalue weighted by molar-refractivity contribution is -0.0584. The summed E-state index contributed by atoms with van der Waals surface area (Å²) in [5.41, 5.74) is 0.192. The van der Waals surface area contributed by atoms with E-state index >= 15 is 0 Å². The van der Waals surface area contributed by atoms with E-state index < -0.39 is 25.1 Å². The summed E-state index contributed by atoms with van der Waals surface area (Å²) in [6.45, 7) is 0.641. The Labute approximate surface area is 146 Å². The highest BCUT2D eigenvalue weighted by molar-refractivity contribution is 7.92. The van der Waals surface area contributed by atoms with Crippen LogP contribution in [0.3, 0.4) is 0 Å². The van der Waals surface area contributed by atoms with E-state index in [1.807, 2.05) is 0 Å². The van der Waals surface area contributed by atoms with Crippen molar-refractivity contribution in [2.24, 2.45) is 23.2 Å². The van der Waals surface area contributed by atoms with Crippen LogP contribution in [0.4, 0.5) is 0 Å². The van der Waals surface area contributed by atoms with Crippen molar-refractivity contribution in [3.63, 3.8) is 0 Å². The molecule has 4 aliphatic carbocycles. The Morgan fingerprint density at radius 2 is 1.42 bits per heavy atom. The molecule has 0 N–H and O–H groups in total. The van der Waals surface area contributed by atoms with Crippen LogP contribution in [0.5, 0.6) is 0 Å². The van der Waals surface area contributed by atoms with Crippen molar-refractivity contribution in [1.82, 2.24) is 4.31 Å². The Morgan fingerprint density at radius 3 is 1.88 bits per heavy atom. The van der Waals surface area contributed by atoms with Crippen LogP contribution in [0.1, 0.15) is 51.4 Å². The summed E-state index contributed by atoms with van der Waals surface area (Å²) in [6.07, 6.45) is 8.17. The van der Waals surface area contributed by atoms with E-state index in [1.54, 1.807) is 11.4 Å². The fourth-order valence-corrected chi connectivity index (χ4v) is 10.1. The highest BCUT2D eigenvalue weighted by atomic mass is 32.2. The second-order valence-corrected chi connectivity index (χ2v) is 13.7. The Bertz CT molecular complexity index is 664. The lowest BCUT2D eigenvalue weighted by Crippen LogP contribution is -2.52. The molecule has 0 unspecified atom stereocenters. The quantitative estimate of drug-likeness (QED) is 0.754. The van der Waals surface area contributed by atoms with E-state index in [4.69, 9.17) is 0 Å². The molecule has 5 nitrogen and oxygen atoms in total. The molecule has 4 saturated carbocycles. The van der Waals surface area contributed by atoms with Gasteiger partial charge in [0.05, 0.1) is 16.8 Å². The first-order valence-corrected chi connectivity index (χ1v) is 12.7. The molecule has 5 fully saturated rings. The molecule has 0 amide bonds. The summed E-state index contributed by atoms with van der Waals surface area (Å²) in [6, 6.07) is 0. The molecule has 0 aromatic carbocycles. The standard InChI is InChI=1S/C17H29NO4S2/c1-18(24(21,22)16-2-4-23(19,20)5-3-16)12-17-9-13-6-14(10-17)8-15(7-13)11-17/h13-16H,2-12H2,1H3. The molecule has 0 radical (unpaired) electrons. The van der Waals surface area contributed by atoms with Gasteiger partial charge in [-0.05, 0) is 74.5 Å².